The van der Waals surface area contributed by atoms with Crippen molar-refractivity contribution >= 4 is 11.6 Å². The predicted molar refractivity (Wildman–Crippen MR) is 94.1 cm³/mol. The number of aromatic nitrogens is 2. The number of rotatable bonds is 5. The molecule has 5 heteroatoms. The van der Waals surface area contributed by atoms with Gasteiger partial charge < -0.3 is 10.1 Å². The summed E-state index contributed by atoms with van der Waals surface area (Å²) in [6.45, 7) is 3.94. The van der Waals surface area contributed by atoms with Gasteiger partial charge in [-0.2, -0.15) is 5.10 Å². The Morgan fingerprint density at radius 1 is 1.08 bits per heavy atom. The maximum Gasteiger partial charge on any atom is 0.262 e. The van der Waals surface area contributed by atoms with E-state index in [-0.39, 0.29) is 12.5 Å². The van der Waals surface area contributed by atoms with Crippen LogP contribution in [0.2, 0.25) is 0 Å². The monoisotopic (exact) mass is 321 g/mol. The largest absolute Gasteiger partial charge is 0.484 e. The van der Waals surface area contributed by atoms with E-state index in [9.17, 15) is 4.79 Å². The fourth-order valence-corrected chi connectivity index (χ4v) is 2.27. The fraction of sp³-hybridized carbons (Fsp3) is 0.158. The molecule has 0 aliphatic carbocycles. The SMILES string of the molecule is Cc1ccc(OCC(=O)Nc2ccc(-c3cc(C)[nH]n3)cc2)cc1. The molecule has 1 amide bonds. The van der Waals surface area contributed by atoms with Crippen molar-refractivity contribution in [2.45, 2.75) is 13.8 Å². The van der Waals surface area contributed by atoms with E-state index in [2.05, 4.69) is 15.5 Å². The maximum atomic E-state index is 12.0. The molecule has 0 spiro atoms. The van der Waals surface area contributed by atoms with Crippen LogP contribution >= 0.6 is 0 Å². The van der Waals surface area contributed by atoms with Crippen LogP contribution in [0, 0.1) is 13.8 Å². The highest BCUT2D eigenvalue weighted by atomic mass is 16.5. The molecule has 3 aromatic rings. The summed E-state index contributed by atoms with van der Waals surface area (Å²) in [6, 6.07) is 17.1. The van der Waals surface area contributed by atoms with Crippen molar-refractivity contribution in [3.63, 3.8) is 0 Å². The number of carbonyl (C=O) groups is 1. The van der Waals surface area contributed by atoms with E-state index in [1.807, 2.05) is 68.4 Å². The zero-order valence-electron chi connectivity index (χ0n) is 13.7. The second kappa shape index (κ2) is 7.00. The summed E-state index contributed by atoms with van der Waals surface area (Å²) in [7, 11) is 0. The highest BCUT2D eigenvalue weighted by molar-refractivity contribution is 5.92. The van der Waals surface area contributed by atoms with Crippen LogP contribution in [0.4, 0.5) is 5.69 Å². The highest BCUT2D eigenvalue weighted by Crippen LogP contribution is 2.20. The number of nitrogens with one attached hydrogen (secondary N) is 2. The van der Waals surface area contributed by atoms with Crippen LogP contribution in [-0.2, 0) is 4.79 Å². The molecule has 1 aromatic heterocycles. The Labute approximate surface area is 140 Å². The van der Waals surface area contributed by atoms with Crippen LogP contribution in [0.15, 0.2) is 54.6 Å². The number of hydrogen-bond donors (Lipinski definition) is 2. The molecule has 2 aromatic carbocycles. The van der Waals surface area contributed by atoms with Crippen molar-refractivity contribution in [1.29, 1.82) is 0 Å². The van der Waals surface area contributed by atoms with E-state index in [1.54, 1.807) is 0 Å². The summed E-state index contributed by atoms with van der Waals surface area (Å²) >= 11 is 0. The second-order valence-electron chi connectivity index (χ2n) is 5.66. The van der Waals surface area contributed by atoms with E-state index in [0.717, 1.165) is 28.2 Å². The van der Waals surface area contributed by atoms with Crippen LogP contribution in [0.1, 0.15) is 11.3 Å². The van der Waals surface area contributed by atoms with Crippen LogP contribution in [0.5, 0.6) is 5.75 Å². The number of benzene rings is 2. The number of anilines is 1. The first-order valence-electron chi connectivity index (χ1n) is 7.72. The van der Waals surface area contributed by atoms with Gasteiger partial charge in [0.2, 0.25) is 0 Å². The lowest BCUT2D eigenvalue weighted by Gasteiger charge is -2.08. The molecule has 3 rings (SSSR count). The minimum absolute atomic E-state index is 0.0244. The molecular formula is C19H19N3O2. The van der Waals surface area contributed by atoms with E-state index in [4.69, 9.17) is 4.74 Å². The van der Waals surface area contributed by atoms with Gasteiger partial charge in [-0.05, 0) is 44.2 Å². The third-order valence-electron chi connectivity index (χ3n) is 3.56. The van der Waals surface area contributed by atoms with Crippen LogP contribution in [-0.4, -0.2) is 22.7 Å². The zero-order chi connectivity index (χ0) is 16.9. The van der Waals surface area contributed by atoms with Gasteiger partial charge in [-0.15, -0.1) is 0 Å². The molecule has 0 atom stereocenters. The summed E-state index contributed by atoms with van der Waals surface area (Å²) in [4.78, 5) is 12.0. The van der Waals surface area contributed by atoms with Crippen molar-refractivity contribution in [1.82, 2.24) is 10.2 Å². The number of aryl methyl sites for hydroxylation is 2. The first-order valence-corrected chi connectivity index (χ1v) is 7.72. The highest BCUT2D eigenvalue weighted by Gasteiger charge is 2.05. The summed E-state index contributed by atoms with van der Waals surface area (Å²) in [5.41, 5.74) is 4.76. The molecule has 5 nitrogen and oxygen atoms in total. The fourth-order valence-electron chi connectivity index (χ4n) is 2.27. The lowest BCUT2D eigenvalue weighted by molar-refractivity contribution is -0.118. The summed E-state index contributed by atoms with van der Waals surface area (Å²) < 4.78 is 5.46. The Balaban J connectivity index is 1.55. The topological polar surface area (TPSA) is 67.0 Å². The average molecular weight is 321 g/mol. The minimum atomic E-state index is -0.195. The summed E-state index contributed by atoms with van der Waals surface area (Å²) in [5, 5.41) is 9.94. The molecule has 0 saturated carbocycles. The molecular weight excluding hydrogens is 302 g/mol. The zero-order valence-corrected chi connectivity index (χ0v) is 13.7. The molecule has 0 bridgehead atoms. The number of nitrogens with zero attached hydrogens (tertiary/aromatic N) is 1. The van der Waals surface area contributed by atoms with Gasteiger partial charge in [-0.25, -0.2) is 0 Å². The lowest BCUT2D eigenvalue weighted by atomic mass is 10.1. The van der Waals surface area contributed by atoms with Gasteiger partial charge in [0.1, 0.15) is 5.75 Å². The van der Waals surface area contributed by atoms with Gasteiger partial charge in [-0.3, -0.25) is 9.89 Å². The maximum absolute atomic E-state index is 12.0. The van der Waals surface area contributed by atoms with Crippen molar-refractivity contribution in [3.8, 4) is 17.0 Å². The Bertz CT molecular complexity index is 821. The molecule has 2 N–H and O–H groups in total. The molecule has 0 aliphatic heterocycles. The van der Waals surface area contributed by atoms with Crippen molar-refractivity contribution in [2.24, 2.45) is 0 Å². The molecule has 0 fully saturated rings. The van der Waals surface area contributed by atoms with E-state index in [1.165, 1.54) is 0 Å². The van der Waals surface area contributed by atoms with E-state index in [0.29, 0.717) is 5.75 Å². The van der Waals surface area contributed by atoms with E-state index >= 15 is 0 Å². The summed E-state index contributed by atoms with van der Waals surface area (Å²) in [6.07, 6.45) is 0. The van der Waals surface area contributed by atoms with Gasteiger partial charge in [0.25, 0.3) is 5.91 Å². The third-order valence-corrected chi connectivity index (χ3v) is 3.56. The molecule has 1 heterocycles. The van der Waals surface area contributed by atoms with Crippen LogP contribution < -0.4 is 10.1 Å². The van der Waals surface area contributed by atoms with Gasteiger partial charge >= 0.3 is 0 Å². The number of H-pyrrole nitrogens is 1. The first-order chi connectivity index (χ1) is 11.6. The van der Waals surface area contributed by atoms with Crippen molar-refractivity contribution in [3.05, 3.63) is 65.9 Å². The molecule has 0 saturated heterocycles. The Kier molecular flexibility index (Phi) is 4.61. The number of carbonyl (C=O) groups excluding carboxylic acids is 1. The van der Waals surface area contributed by atoms with Gasteiger partial charge in [0.05, 0.1) is 5.69 Å². The summed E-state index contributed by atoms with van der Waals surface area (Å²) in [5.74, 6) is 0.485. The molecule has 24 heavy (non-hydrogen) atoms. The Hall–Kier alpha value is -3.08. The number of ether oxygens (including phenoxy) is 1. The molecule has 0 aliphatic rings. The normalized spacial score (nSPS) is 10.4. The number of hydrogen-bond acceptors (Lipinski definition) is 3. The van der Waals surface area contributed by atoms with E-state index < -0.39 is 0 Å². The van der Waals surface area contributed by atoms with Crippen molar-refractivity contribution < 1.29 is 9.53 Å². The molecule has 0 radical (unpaired) electrons. The Morgan fingerprint density at radius 2 is 1.79 bits per heavy atom. The number of amides is 1. The van der Waals surface area contributed by atoms with Gasteiger partial charge in [0, 0.05) is 16.9 Å². The van der Waals surface area contributed by atoms with Crippen molar-refractivity contribution in [2.75, 3.05) is 11.9 Å². The molecule has 122 valence electrons. The number of aromatic amines is 1. The second-order valence-corrected chi connectivity index (χ2v) is 5.66. The average Bonchev–Trinajstić information content (AvgIpc) is 3.01. The standard InChI is InChI=1S/C19H19N3O2/c1-13-3-9-17(10-4-13)24-12-19(23)20-16-7-5-15(6-8-16)18-11-14(2)21-22-18/h3-11H,12H2,1-2H3,(H,20,23)(H,21,22). The Morgan fingerprint density at radius 3 is 2.42 bits per heavy atom. The smallest absolute Gasteiger partial charge is 0.262 e. The lowest BCUT2D eigenvalue weighted by Crippen LogP contribution is -2.20. The first kappa shape index (κ1) is 15.8. The van der Waals surface area contributed by atoms with Crippen LogP contribution in [0.25, 0.3) is 11.3 Å². The predicted octanol–water partition coefficient (Wildman–Crippen LogP) is 3.71. The minimum Gasteiger partial charge on any atom is -0.484 e. The quantitative estimate of drug-likeness (QED) is 0.753. The van der Waals surface area contributed by atoms with Gasteiger partial charge in [0.15, 0.2) is 6.61 Å². The third kappa shape index (κ3) is 4.01. The van der Waals surface area contributed by atoms with Crippen LogP contribution in [0.3, 0.4) is 0 Å². The van der Waals surface area contributed by atoms with Gasteiger partial charge in [-0.1, -0.05) is 29.8 Å². The molecule has 0 unspecified atom stereocenters.